The van der Waals surface area contributed by atoms with Gasteiger partial charge in [0.1, 0.15) is 5.75 Å². The topological polar surface area (TPSA) is 72.5 Å². The van der Waals surface area contributed by atoms with Crippen molar-refractivity contribution in [2.24, 2.45) is 5.73 Å². The van der Waals surface area contributed by atoms with Gasteiger partial charge < -0.3 is 15.6 Å². The zero-order valence-corrected chi connectivity index (χ0v) is 9.82. The Labute approximate surface area is 96.2 Å². The summed E-state index contributed by atoms with van der Waals surface area (Å²) < 4.78 is 5.25. The first-order valence-corrected chi connectivity index (χ1v) is 5.14. The lowest BCUT2D eigenvalue weighted by Gasteiger charge is -2.12. The third-order valence-corrected chi connectivity index (χ3v) is 2.50. The van der Waals surface area contributed by atoms with E-state index in [1.165, 1.54) is 13.2 Å². The number of carbonyl (C=O) groups is 1. The molecule has 0 bridgehead atoms. The minimum absolute atomic E-state index is 0.0473. The van der Waals surface area contributed by atoms with Gasteiger partial charge in [-0.15, -0.1) is 0 Å². The predicted molar refractivity (Wildman–Crippen MR) is 59.4 cm³/mol. The third kappa shape index (κ3) is 3.21. The number of phenolic OH excluding ortho intramolecular Hbond substituents is 1. The van der Waals surface area contributed by atoms with E-state index in [0.717, 1.165) is 4.47 Å². The molecule has 1 atom stereocenters. The number of hydrogen-bond acceptors (Lipinski definition) is 4. The fraction of sp³-hybridized carbons (Fsp3) is 0.300. The molecule has 0 spiro atoms. The van der Waals surface area contributed by atoms with Gasteiger partial charge in [0.15, 0.2) is 0 Å². The molecule has 0 aliphatic heterocycles. The van der Waals surface area contributed by atoms with Gasteiger partial charge in [-0.1, -0.05) is 22.0 Å². The first kappa shape index (κ1) is 12.0. The average molecular weight is 274 g/mol. The highest BCUT2D eigenvalue weighted by Crippen LogP contribution is 2.27. The number of ether oxygens (including phenoxy) is 1. The van der Waals surface area contributed by atoms with E-state index in [2.05, 4.69) is 20.7 Å². The average Bonchev–Trinajstić information content (AvgIpc) is 2.17. The molecule has 0 saturated heterocycles. The molecule has 1 aromatic rings. The molecule has 1 rings (SSSR count). The van der Waals surface area contributed by atoms with Crippen LogP contribution in [0, 0.1) is 0 Å². The summed E-state index contributed by atoms with van der Waals surface area (Å²) in [4.78, 5) is 11.0. The number of esters is 1. The van der Waals surface area contributed by atoms with Crippen LogP contribution in [0.15, 0.2) is 22.7 Å². The number of phenols is 1. The van der Waals surface area contributed by atoms with Crippen molar-refractivity contribution in [3.8, 4) is 5.75 Å². The zero-order valence-electron chi connectivity index (χ0n) is 8.24. The van der Waals surface area contributed by atoms with E-state index >= 15 is 0 Å². The van der Waals surface area contributed by atoms with Gasteiger partial charge in [0, 0.05) is 16.1 Å². The Bertz CT molecular complexity index is 368. The number of hydrogen-bond donors (Lipinski definition) is 2. The van der Waals surface area contributed by atoms with E-state index in [0.29, 0.717) is 5.56 Å². The maximum absolute atomic E-state index is 11.0. The molecule has 0 unspecified atom stereocenters. The summed E-state index contributed by atoms with van der Waals surface area (Å²) in [6, 6.07) is 4.41. The molecule has 0 heterocycles. The Morgan fingerprint density at radius 3 is 2.87 bits per heavy atom. The van der Waals surface area contributed by atoms with E-state index in [9.17, 15) is 9.90 Å². The van der Waals surface area contributed by atoms with E-state index in [4.69, 9.17) is 5.73 Å². The van der Waals surface area contributed by atoms with Gasteiger partial charge in [0.2, 0.25) is 0 Å². The van der Waals surface area contributed by atoms with Crippen molar-refractivity contribution in [2.45, 2.75) is 12.5 Å². The summed E-state index contributed by atoms with van der Waals surface area (Å²) in [5, 5.41) is 9.59. The van der Waals surface area contributed by atoms with Gasteiger partial charge in [-0.3, -0.25) is 4.79 Å². The number of halogens is 1. The number of rotatable bonds is 3. The number of carbonyl (C=O) groups excluding carboxylic acids is 1. The molecule has 1 aromatic carbocycles. The molecule has 15 heavy (non-hydrogen) atoms. The summed E-state index contributed by atoms with van der Waals surface area (Å²) in [5.74, 6) is -0.328. The van der Waals surface area contributed by atoms with Crippen molar-refractivity contribution in [3.63, 3.8) is 0 Å². The van der Waals surface area contributed by atoms with Crippen LogP contribution in [0.3, 0.4) is 0 Å². The molecule has 82 valence electrons. The first-order valence-electron chi connectivity index (χ1n) is 4.35. The second-order valence-corrected chi connectivity index (χ2v) is 4.01. The largest absolute Gasteiger partial charge is 0.508 e. The van der Waals surface area contributed by atoms with Crippen molar-refractivity contribution in [1.82, 2.24) is 0 Å². The highest BCUT2D eigenvalue weighted by molar-refractivity contribution is 9.10. The second kappa shape index (κ2) is 5.14. The Morgan fingerprint density at radius 2 is 2.33 bits per heavy atom. The Kier molecular flexibility index (Phi) is 4.11. The van der Waals surface area contributed by atoms with Crippen LogP contribution in [0.25, 0.3) is 0 Å². The zero-order chi connectivity index (χ0) is 11.4. The first-order chi connectivity index (χ1) is 7.04. The lowest BCUT2D eigenvalue weighted by Crippen LogP contribution is -2.16. The fourth-order valence-electron chi connectivity index (χ4n) is 1.20. The molecule has 0 amide bonds. The van der Waals surface area contributed by atoms with Crippen LogP contribution < -0.4 is 5.73 Å². The van der Waals surface area contributed by atoms with Crippen LogP contribution in [0.4, 0.5) is 0 Å². The molecule has 0 aromatic heterocycles. The normalized spacial score (nSPS) is 12.2. The maximum atomic E-state index is 11.0. The molecule has 3 N–H and O–H groups in total. The monoisotopic (exact) mass is 273 g/mol. The van der Waals surface area contributed by atoms with Crippen molar-refractivity contribution >= 4 is 21.9 Å². The van der Waals surface area contributed by atoms with Gasteiger partial charge in [-0.25, -0.2) is 0 Å². The third-order valence-electron chi connectivity index (χ3n) is 2.01. The Balaban J connectivity index is 2.82. The Morgan fingerprint density at radius 1 is 1.67 bits per heavy atom. The van der Waals surface area contributed by atoms with E-state index in [1.807, 2.05) is 0 Å². The summed E-state index contributed by atoms with van der Waals surface area (Å²) >= 11 is 3.22. The van der Waals surface area contributed by atoms with Crippen LogP contribution in [0.1, 0.15) is 18.0 Å². The van der Waals surface area contributed by atoms with Crippen LogP contribution >= 0.6 is 15.9 Å². The highest BCUT2D eigenvalue weighted by Gasteiger charge is 2.15. The summed E-state index contributed by atoms with van der Waals surface area (Å²) in [6.45, 7) is 0. The molecule has 0 radical (unpaired) electrons. The highest BCUT2D eigenvalue weighted by atomic mass is 79.9. The molecular weight excluding hydrogens is 262 g/mol. The van der Waals surface area contributed by atoms with Crippen LogP contribution in [-0.2, 0) is 9.53 Å². The SMILES string of the molecule is COC(=O)C[C@@H](N)c1ccc(Br)cc1O. The minimum atomic E-state index is -0.550. The molecule has 0 fully saturated rings. The van der Waals surface area contributed by atoms with E-state index in [1.54, 1.807) is 12.1 Å². The molecule has 4 nitrogen and oxygen atoms in total. The molecule has 5 heteroatoms. The lowest BCUT2D eigenvalue weighted by atomic mass is 10.0. The number of nitrogens with two attached hydrogens (primary N) is 1. The summed E-state index contributed by atoms with van der Waals surface area (Å²) in [5.41, 5.74) is 6.28. The van der Waals surface area contributed by atoms with Crippen LogP contribution in [-0.4, -0.2) is 18.2 Å². The van der Waals surface area contributed by atoms with Crippen LogP contribution in [0.5, 0.6) is 5.75 Å². The maximum Gasteiger partial charge on any atom is 0.307 e. The minimum Gasteiger partial charge on any atom is -0.508 e. The predicted octanol–water partition coefficient (Wildman–Crippen LogP) is 1.72. The number of aromatic hydroxyl groups is 1. The quantitative estimate of drug-likeness (QED) is 0.823. The second-order valence-electron chi connectivity index (χ2n) is 3.09. The van der Waals surface area contributed by atoms with E-state index < -0.39 is 12.0 Å². The Hall–Kier alpha value is -1.07. The molecule has 0 saturated carbocycles. The van der Waals surface area contributed by atoms with Crippen molar-refractivity contribution < 1.29 is 14.6 Å². The molecule has 0 aliphatic carbocycles. The number of benzene rings is 1. The smallest absolute Gasteiger partial charge is 0.307 e. The fourth-order valence-corrected chi connectivity index (χ4v) is 1.55. The van der Waals surface area contributed by atoms with Crippen LogP contribution in [0.2, 0.25) is 0 Å². The molecular formula is C10H12BrNO3. The van der Waals surface area contributed by atoms with Gasteiger partial charge in [0.25, 0.3) is 0 Å². The van der Waals surface area contributed by atoms with Gasteiger partial charge in [-0.2, -0.15) is 0 Å². The number of methoxy groups -OCH3 is 1. The summed E-state index contributed by atoms with van der Waals surface area (Å²) in [7, 11) is 1.30. The van der Waals surface area contributed by atoms with Gasteiger partial charge in [-0.05, 0) is 12.1 Å². The summed E-state index contributed by atoms with van der Waals surface area (Å²) in [6.07, 6.45) is 0.0473. The van der Waals surface area contributed by atoms with E-state index in [-0.39, 0.29) is 12.2 Å². The van der Waals surface area contributed by atoms with Crippen molar-refractivity contribution in [2.75, 3.05) is 7.11 Å². The lowest BCUT2D eigenvalue weighted by molar-refractivity contribution is -0.141. The standard InChI is InChI=1S/C10H12BrNO3/c1-15-10(14)5-8(12)7-3-2-6(11)4-9(7)13/h2-4,8,13H,5,12H2,1H3/t8-/m1/s1. The van der Waals surface area contributed by atoms with Gasteiger partial charge in [0.05, 0.1) is 13.5 Å². The molecule has 0 aliphatic rings. The van der Waals surface area contributed by atoms with Crippen molar-refractivity contribution in [1.29, 1.82) is 0 Å². The van der Waals surface area contributed by atoms with Crippen molar-refractivity contribution in [3.05, 3.63) is 28.2 Å². The van der Waals surface area contributed by atoms with Gasteiger partial charge >= 0.3 is 5.97 Å².